The van der Waals surface area contributed by atoms with Gasteiger partial charge in [-0.15, -0.1) is 0 Å². The average molecular weight is 360 g/mol. The van der Waals surface area contributed by atoms with Gasteiger partial charge < -0.3 is 15.4 Å². The van der Waals surface area contributed by atoms with Crippen LogP contribution in [0.1, 0.15) is 66.4 Å². The molecule has 0 heterocycles. The van der Waals surface area contributed by atoms with E-state index in [1.807, 2.05) is 32.9 Å². The molecule has 0 aromatic heterocycles. The van der Waals surface area contributed by atoms with Gasteiger partial charge in [0.15, 0.2) is 0 Å². The van der Waals surface area contributed by atoms with E-state index >= 15 is 0 Å². The van der Waals surface area contributed by atoms with E-state index in [0.29, 0.717) is 6.42 Å². The minimum absolute atomic E-state index is 0.0103. The third-order valence-electron chi connectivity index (χ3n) is 4.54. The van der Waals surface area contributed by atoms with Gasteiger partial charge in [0.05, 0.1) is 0 Å². The standard InChI is InChI=1S/C21H32N2O3/c1-20(2,3)15-8-11-16(12-9-15)22-18(24)14-7-10-17(13-14)23-19(25)26-21(4,5)6/h8-9,11-12,14,17H,7,10,13H2,1-6H3,(H,22,24)(H,23,25). The Morgan fingerprint density at radius 3 is 2.15 bits per heavy atom. The molecule has 2 N–H and O–H groups in total. The number of nitrogens with one attached hydrogen (secondary N) is 2. The molecule has 1 aliphatic carbocycles. The van der Waals surface area contributed by atoms with Crippen molar-refractivity contribution in [3.63, 3.8) is 0 Å². The molecule has 5 heteroatoms. The molecule has 2 atom stereocenters. The molecule has 144 valence electrons. The highest BCUT2D eigenvalue weighted by atomic mass is 16.6. The first-order valence-corrected chi connectivity index (χ1v) is 9.35. The van der Waals surface area contributed by atoms with Crippen molar-refractivity contribution in [2.75, 3.05) is 5.32 Å². The summed E-state index contributed by atoms with van der Waals surface area (Å²) in [4.78, 5) is 24.4. The molecule has 0 saturated heterocycles. The Morgan fingerprint density at radius 2 is 1.62 bits per heavy atom. The number of rotatable bonds is 3. The van der Waals surface area contributed by atoms with E-state index in [1.54, 1.807) is 0 Å². The number of amides is 2. The lowest BCUT2D eigenvalue weighted by molar-refractivity contribution is -0.119. The SMILES string of the molecule is CC(C)(C)OC(=O)NC1CCC(C(=O)Nc2ccc(C(C)(C)C)cc2)C1. The molecule has 2 unspecified atom stereocenters. The molecular formula is C21H32N2O3. The Bertz CT molecular complexity index is 639. The van der Waals surface area contributed by atoms with Gasteiger partial charge in [-0.3, -0.25) is 4.79 Å². The molecule has 0 spiro atoms. The summed E-state index contributed by atoms with van der Waals surface area (Å²) in [5, 5.41) is 5.86. The zero-order valence-electron chi connectivity index (χ0n) is 16.8. The van der Waals surface area contributed by atoms with Gasteiger partial charge in [-0.05, 0) is 63.1 Å². The van der Waals surface area contributed by atoms with Crippen LogP contribution in [0.2, 0.25) is 0 Å². The fourth-order valence-corrected chi connectivity index (χ4v) is 3.12. The Kier molecular flexibility index (Phi) is 5.99. The highest BCUT2D eigenvalue weighted by Crippen LogP contribution is 2.28. The van der Waals surface area contributed by atoms with Gasteiger partial charge in [0, 0.05) is 17.6 Å². The Morgan fingerprint density at radius 1 is 1.00 bits per heavy atom. The summed E-state index contributed by atoms with van der Waals surface area (Å²) in [6.45, 7) is 12.0. The van der Waals surface area contributed by atoms with Crippen LogP contribution in [0.5, 0.6) is 0 Å². The fraction of sp³-hybridized carbons (Fsp3) is 0.619. The van der Waals surface area contributed by atoms with Crippen molar-refractivity contribution in [2.45, 2.75) is 77.9 Å². The number of ether oxygens (including phenoxy) is 1. The van der Waals surface area contributed by atoms with Crippen molar-refractivity contribution < 1.29 is 14.3 Å². The molecule has 1 aromatic rings. The minimum Gasteiger partial charge on any atom is -0.444 e. The first-order valence-electron chi connectivity index (χ1n) is 9.35. The number of carbonyl (C=O) groups is 2. The summed E-state index contributed by atoms with van der Waals surface area (Å²) in [5.74, 6) is -0.0702. The molecule has 0 bridgehead atoms. The predicted octanol–water partition coefficient (Wildman–Crippen LogP) is 4.62. The van der Waals surface area contributed by atoms with Gasteiger partial charge >= 0.3 is 6.09 Å². The zero-order valence-corrected chi connectivity index (χ0v) is 16.8. The monoisotopic (exact) mass is 360 g/mol. The van der Waals surface area contributed by atoms with Crippen LogP contribution >= 0.6 is 0 Å². The topological polar surface area (TPSA) is 67.4 Å². The maximum atomic E-state index is 12.5. The lowest BCUT2D eigenvalue weighted by Gasteiger charge is -2.21. The van der Waals surface area contributed by atoms with Crippen LogP contribution in [-0.4, -0.2) is 23.6 Å². The Hall–Kier alpha value is -2.04. The second-order valence-corrected chi connectivity index (χ2v) is 9.17. The van der Waals surface area contributed by atoms with E-state index in [-0.39, 0.29) is 23.3 Å². The quantitative estimate of drug-likeness (QED) is 0.827. The largest absolute Gasteiger partial charge is 0.444 e. The zero-order chi connectivity index (χ0) is 19.5. The van der Waals surface area contributed by atoms with Crippen molar-refractivity contribution in [2.24, 2.45) is 5.92 Å². The lowest BCUT2D eigenvalue weighted by atomic mass is 9.87. The van der Waals surface area contributed by atoms with E-state index in [0.717, 1.165) is 18.5 Å². The minimum atomic E-state index is -0.515. The number of carbonyl (C=O) groups excluding carboxylic acids is 2. The molecule has 0 aliphatic heterocycles. The van der Waals surface area contributed by atoms with Crippen LogP contribution in [0.25, 0.3) is 0 Å². The molecular weight excluding hydrogens is 328 g/mol. The molecule has 2 rings (SSSR count). The number of anilines is 1. The summed E-state index contributed by atoms with van der Waals surface area (Å²) in [5.41, 5.74) is 1.62. The van der Waals surface area contributed by atoms with Crippen molar-refractivity contribution in [1.29, 1.82) is 0 Å². The van der Waals surface area contributed by atoms with Gasteiger partial charge in [-0.2, -0.15) is 0 Å². The first-order chi connectivity index (χ1) is 11.9. The maximum Gasteiger partial charge on any atom is 0.407 e. The molecule has 2 amide bonds. The summed E-state index contributed by atoms with van der Waals surface area (Å²) in [6.07, 6.45) is 1.79. The molecule has 1 fully saturated rings. The van der Waals surface area contributed by atoms with Gasteiger partial charge in [0.25, 0.3) is 0 Å². The smallest absolute Gasteiger partial charge is 0.407 e. The van der Waals surface area contributed by atoms with Crippen molar-refractivity contribution in [1.82, 2.24) is 5.32 Å². The number of hydrogen-bond donors (Lipinski definition) is 2. The van der Waals surface area contributed by atoms with Crippen molar-refractivity contribution in [3.05, 3.63) is 29.8 Å². The maximum absolute atomic E-state index is 12.5. The third kappa shape index (κ3) is 6.04. The summed E-state index contributed by atoms with van der Waals surface area (Å²) in [7, 11) is 0. The lowest BCUT2D eigenvalue weighted by Crippen LogP contribution is -2.38. The second kappa shape index (κ2) is 7.68. The molecule has 0 radical (unpaired) electrons. The van der Waals surface area contributed by atoms with Crippen LogP contribution in [-0.2, 0) is 14.9 Å². The van der Waals surface area contributed by atoms with Gasteiger partial charge in [-0.25, -0.2) is 4.79 Å². The number of hydrogen-bond acceptors (Lipinski definition) is 3. The van der Waals surface area contributed by atoms with E-state index < -0.39 is 11.7 Å². The Labute approximate surface area is 156 Å². The summed E-state index contributed by atoms with van der Waals surface area (Å²) >= 11 is 0. The average Bonchev–Trinajstić information content (AvgIpc) is 2.93. The fourth-order valence-electron chi connectivity index (χ4n) is 3.12. The number of alkyl carbamates (subject to hydrolysis) is 1. The van der Waals surface area contributed by atoms with Crippen LogP contribution in [0.4, 0.5) is 10.5 Å². The highest BCUT2D eigenvalue weighted by molar-refractivity contribution is 5.92. The van der Waals surface area contributed by atoms with Gasteiger partial charge in [-0.1, -0.05) is 32.9 Å². The normalized spacial score (nSPS) is 20.5. The first kappa shape index (κ1) is 20.3. The summed E-state index contributed by atoms with van der Waals surface area (Å²) < 4.78 is 5.28. The van der Waals surface area contributed by atoms with Crippen molar-refractivity contribution >= 4 is 17.7 Å². The van der Waals surface area contributed by atoms with E-state index in [9.17, 15) is 9.59 Å². The van der Waals surface area contributed by atoms with Crippen LogP contribution in [0.15, 0.2) is 24.3 Å². The van der Waals surface area contributed by atoms with Crippen molar-refractivity contribution in [3.8, 4) is 0 Å². The number of benzene rings is 1. The molecule has 1 aromatic carbocycles. The van der Waals surface area contributed by atoms with Crippen LogP contribution in [0, 0.1) is 5.92 Å². The van der Waals surface area contributed by atoms with E-state index in [4.69, 9.17) is 4.74 Å². The predicted molar refractivity (Wildman–Crippen MR) is 104 cm³/mol. The van der Waals surface area contributed by atoms with Gasteiger partial charge in [0.1, 0.15) is 5.60 Å². The second-order valence-electron chi connectivity index (χ2n) is 9.17. The third-order valence-corrected chi connectivity index (χ3v) is 4.54. The Balaban J connectivity index is 1.85. The molecule has 1 aliphatic rings. The van der Waals surface area contributed by atoms with E-state index in [2.05, 4.69) is 43.5 Å². The van der Waals surface area contributed by atoms with E-state index in [1.165, 1.54) is 5.56 Å². The molecule has 26 heavy (non-hydrogen) atoms. The highest BCUT2D eigenvalue weighted by Gasteiger charge is 2.31. The molecule has 1 saturated carbocycles. The molecule has 5 nitrogen and oxygen atoms in total. The summed E-state index contributed by atoms with van der Waals surface area (Å²) in [6, 6.07) is 7.99. The van der Waals surface area contributed by atoms with Gasteiger partial charge in [0.2, 0.25) is 5.91 Å². The van der Waals surface area contributed by atoms with Crippen LogP contribution < -0.4 is 10.6 Å². The van der Waals surface area contributed by atoms with Crippen LogP contribution in [0.3, 0.4) is 0 Å².